The lowest BCUT2D eigenvalue weighted by molar-refractivity contribution is -0.140. The molecule has 3 aromatic rings. The molecule has 0 aliphatic carbocycles. The lowest BCUT2D eigenvalue weighted by Gasteiger charge is -2.34. The van der Waals surface area contributed by atoms with Gasteiger partial charge >= 0.3 is 0 Å². The fourth-order valence-corrected chi connectivity index (χ4v) is 6.06. The number of hydrogen-bond donors (Lipinski definition) is 1. The number of ether oxygens (including phenoxy) is 1. The van der Waals surface area contributed by atoms with Gasteiger partial charge in [-0.3, -0.25) is 13.9 Å². The number of aryl methyl sites for hydroxylation is 1. The molecule has 0 aliphatic rings. The van der Waals surface area contributed by atoms with Crippen molar-refractivity contribution in [2.45, 2.75) is 64.1 Å². The third-order valence-electron chi connectivity index (χ3n) is 6.84. The molecule has 10 heteroatoms. The van der Waals surface area contributed by atoms with Crippen LogP contribution in [0.1, 0.15) is 44.7 Å². The Labute approximate surface area is 248 Å². The summed E-state index contributed by atoms with van der Waals surface area (Å²) in [7, 11) is -2.83. The van der Waals surface area contributed by atoms with Gasteiger partial charge in [0, 0.05) is 17.6 Å². The van der Waals surface area contributed by atoms with Crippen molar-refractivity contribution in [3.05, 3.63) is 88.9 Å². The van der Waals surface area contributed by atoms with Gasteiger partial charge in [-0.2, -0.15) is 0 Å². The first-order valence-corrected chi connectivity index (χ1v) is 15.4. The summed E-state index contributed by atoms with van der Waals surface area (Å²) in [6.07, 6.45) is 1.07. The van der Waals surface area contributed by atoms with Crippen molar-refractivity contribution in [2.75, 3.05) is 18.0 Å². The molecule has 0 aromatic heterocycles. The summed E-state index contributed by atoms with van der Waals surface area (Å²) >= 11 is 6.29. The van der Waals surface area contributed by atoms with Crippen LogP contribution < -0.4 is 14.4 Å². The predicted molar refractivity (Wildman–Crippen MR) is 163 cm³/mol. The van der Waals surface area contributed by atoms with Crippen LogP contribution in [0.3, 0.4) is 0 Å². The van der Waals surface area contributed by atoms with E-state index in [2.05, 4.69) is 5.32 Å². The van der Waals surface area contributed by atoms with Gasteiger partial charge in [0.2, 0.25) is 11.8 Å². The number of sulfonamides is 1. The number of anilines is 1. The topological polar surface area (TPSA) is 96.0 Å². The molecule has 2 amide bonds. The fraction of sp³-hybridized carbons (Fsp3) is 0.355. The molecule has 0 radical (unpaired) electrons. The summed E-state index contributed by atoms with van der Waals surface area (Å²) in [5, 5.41) is 3.25. The Morgan fingerprint density at radius 1 is 0.976 bits per heavy atom. The van der Waals surface area contributed by atoms with Gasteiger partial charge in [-0.15, -0.1) is 0 Å². The lowest BCUT2D eigenvalue weighted by atomic mass is 10.1. The van der Waals surface area contributed by atoms with Crippen LogP contribution in [0.4, 0.5) is 5.69 Å². The molecule has 0 spiro atoms. The Hall–Kier alpha value is -3.56. The molecule has 0 bridgehead atoms. The van der Waals surface area contributed by atoms with Gasteiger partial charge in [0.25, 0.3) is 10.0 Å². The van der Waals surface area contributed by atoms with Crippen LogP contribution in [-0.2, 0) is 26.2 Å². The highest BCUT2D eigenvalue weighted by Gasteiger charge is 2.35. The summed E-state index contributed by atoms with van der Waals surface area (Å²) in [4.78, 5) is 29.1. The van der Waals surface area contributed by atoms with Crippen LogP contribution in [0.25, 0.3) is 0 Å². The molecule has 1 N–H and O–H groups in total. The van der Waals surface area contributed by atoms with E-state index in [4.69, 9.17) is 16.3 Å². The number of methoxy groups -OCH3 is 1. The number of amides is 2. The third kappa shape index (κ3) is 8.01. The maximum atomic E-state index is 14.2. The summed E-state index contributed by atoms with van der Waals surface area (Å²) in [6, 6.07) is 19.2. The van der Waals surface area contributed by atoms with Gasteiger partial charge in [0.05, 0.1) is 17.7 Å². The second-order valence-electron chi connectivity index (χ2n) is 9.89. The Balaban J connectivity index is 2.12. The first-order chi connectivity index (χ1) is 19.5. The van der Waals surface area contributed by atoms with Crippen LogP contribution in [0.2, 0.25) is 5.02 Å². The highest BCUT2D eigenvalue weighted by Crippen LogP contribution is 2.35. The van der Waals surface area contributed by atoms with Gasteiger partial charge in [-0.05, 0) is 62.6 Å². The second-order valence-corrected chi connectivity index (χ2v) is 12.2. The largest absolute Gasteiger partial charge is 0.495 e. The molecule has 0 fully saturated rings. The normalized spacial score (nSPS) is 12.7. The number of halogens is 1. The molecule has 0 saturated carbocycles. The Morgan fingerprint density at radius 2 is 1.68 bits per heavy atom. The Bertz CT molecular complexity index is 1450. The lowest BCUT2D eigenvalue weighted by Crippen LogP contribution is -2.53. The highest BCUT2D eigenvalue weighted by molar-refractivity contribution is 7.92. The van der Waals surface area contributed by atoms with Crippen molar-refractivity contribution in [3.63, 3.8) is 0 Å². The Morgan fingerprint density at radius 3 is 2.29 bits per heavy atom. The van der Waals surface area contributed by atoms with E-state index in [0.29, 0.717) is 6.42 Å². The summed E-state index contributed by atoms with van der Waals surface area (Å²) in [6.45, 7) is 7.19. The summed E-state index contributed by atoms with van der Waals surface area (Å²) < 4.78 is 34.5. The number of rotatable bonds is 13. The quantitative estimate of drug-likeness (QED) is 0.277. The minimum atomic E-state index is -4.24. The maximum Gasteiger partial charge on any atom is 0.264 e. The van der Waals surface area contributed by atoms with Crippen LogP contribution >= 0.6 is 11.6 Å². The molecule has 41 heavy (non-hydrogen) atoms. The number of carbonyl (C=O) groups excluding carboxylic acids is 2. The van der Waals surface area contributed by atoms with Gasteiger partial charge in [-0.1, -0.05) is 73.5 Å². The average Bonchev–Trinajstić information content (AvgIpc) is 2.96. The number of hydrogen-bond acceptors (Lipinski definition) is 5. The zero-order valence-electron chi connectivity index (χ0n) is 24.1. The number of benzene rings is 3. The number of nitrogens with one attached hydrogen (secondary N) is 1. The van der Waals surface area contributed by atoms with E-state index >= 15 is 0 Å². The Kier molecular flexibility index (Phi) is 11.2. The minimum absolute atomic E-state index is 0.00150. The highest BCUT2D eigenvalue weighted by atomic mass is 35.5. The average molecular weight is 600 g/mol. The molecule has 3 rings (SSSR count). The van der Waals surface area contributed by atoms with Crippen molar-refractivity contribution >= 4 is 39.1 Å². The SMILES string of the molecule is CC[C@H](C(=O)N[C@@H](C)CC)N(Cc1cccc(C)c1)C(=O)CN(c1cc(Cl)ccc1OC)S(=O)(=O)c1ccccc1. The van der Waals surface area contributed by atoms with E-state index in [9.17, 15) is 18.0 Å². The van der Waals surface area contributed by atoms with Crippen LogP contribution in [-0.4, -0.2) is 50.9 Å². The van der Waals surface area contributed by atoms with Gasteiger partial charge < -0.3 is 15.0 Å². The fourth-order valence-electron chi connectivity index (χ4n) is 4.46. The molecule has 0 aliphatic heterocycles. The summed E-state index contributed by atoms with van der Waals surface area (Å²) in [5.74, 6) is -0.603. The molecule has 220 valence electrons. The van der Waals surface area contributed by atoms with Gasteiger partial charge in [0.15, 0.2) is 0 Å². The smallest absolute Gasteiger partial charge is 0.264 e. The molecular weight excluding hydrogens is 562 g/mol. The van der Waals surface area contributed by atoms with Crippen molar-refractivity contribution < 1.29 is 22.7 Å². The minimum Gasteiger partial charge on any atom is -0.495 e. The monoisotopic (exact) mass is 599 g/mol. The van der Waals surface area contributed by atoms with Crippen LogP contribution in [0, 0.1) is 6.92 Å². The van der Waals surface area contributed by atoms with Crippen molar-refractivity contribution in [3.8, 4) is 5.75 Å². The molecule has 8 nitrogen and oxygen atoms in total. The van der Waals surface area contributed by atoms with Gasteiger partial charge in [-0.25, -0.2) is 8.42 Å². The number of carbonyl (C=O) groups is 2. The maximum absolute atomic E-state index is 14.2. The standard InChI is InChI=1S/C31H38ClN3O5S/c1-6-23(4)33-31(37)27(7-2)34(20-24-13-11-12-22(3)18-24)30(36)21-35(28-19-25(32)16-17-29(28)40-5)41(38,39)26-14-9-8-10-15-26/h8-19,23,27H,6-7,20-21H2,1-5H3,(H,33,37)/t23-,27+/m0/s1. The zero-order valence-corrected chi connectivity index (χ0v) is 25.7. The first kappa shape index (κ1) is 32.0. The van der Waals surface area contributed by atoms with E-state index in [1.165, 1.54) is 30.2 Å². The molecule has 2 atom stereocenters. The number of nitrogens with zero attached hydrogens (tertiary/aromatic N) is 2. The van der Waals surface area contributed by atoms with Crippen LogP contribution in [0.5, 0.6) is 5.75 Å². The van der Waals surface area contributed by atoms with Crippen molar-refractivity contribution in [1.29, 1.82) is 0 Å². The summed E-state index contributed by atoms with van der Waals surface area (Å²) in [5.41, 5.74) is 1.94. The van der Waals surface area contributed by atoms with Crippen molar-refractivity contribution in [1.82, 2.24) is 10.2 Å². The first-order valence-electron chi connectivity index (χ1n) is 13.6. The van der Waals surface area contributed by atoms with Crippen molar-refractivity contribution in [2.24, 2.45) is 0 Å². The van der Waals surface area contributed by atoms with E-state index < -0.39 is 28.5 Å². The van der Waals surface area contributed by atoms with E-state index in [-0.39, 0.29) is 39.8 Å². The van der Waals surface area contributed by atoms with E-state index in [1.807, 2.05) is 52.0 Å². The van der Waals surface area contributed by atoms with E-state index in [0.717, 1.165) is 21.9 Å². The second kappa shape index (κ2) is 14.4. The molecular formula is C31H38ClN3O5S. The van der Waals surface area contributed by atoms with E-state index in [1.54, 1.807) is 30.3 Å². The predicted octanol–water partition coefficient (Wildman–Crippen LogP) is 5.57. The molecule has 0 heterocycles. The molecule has 0 saturated heterocycles. The molecule has 3 aromatic carbocycles. The molecule has 0 unspecified atom stereocenters. The third-order valence-corrected chi connectivity index (χ3v) is 8.85. The van der Waals surface area contributed by atoms with Crippen LogP contribution in [0.15, 0.2) is 77.7 Å². The zero-order chi connectivity index (χ0) is 30.2. The van der Waals surface area contributed by atoms with Gasteiger partial charge in [0.1, 0.15) is 18.3 Å².